The van der Waals surface area contributed by atoms with Gasteiger partial charge in [-0.3, -0.25) is 4.79 Å². The number of carbonyl (C=O) groups is 1. The van der Waals surface area contributed by atoms with Gasteiger partial charge in [0, 0.05) is 16.9 Å². The molecule has 1 heterocycles. The summed E-state index contributed by atoms with van der Waals surface area (Å²) in [5.41, 5.74) is 5.16. The molecule has 3 nitrogen and oxygen atoms in total. The van der Waals surface area contributed by atoms with Gasteiger partial charge >= 0.3 is 0 Å². The third kappa shape index (κ3) is 6.02. The molecule has 100 valence electrons. The van der Waals surface area contributed by atoms with Crippen molar-refractivity contribution in [1.82, 2.24) is 4.90 Å². The predicted octanol–water partition coefficient (Wildman–Crippen LogP) is 2.51. The van der Waals surface area contributed by atoms with Crippen LogP contribution in [-0.2, 0) is 4.79 Å². The van der Waals surface area contributed by atoms with Gasteiger partial charge in [0.15, 0.2) is 0 Å². The molecular weight excluding hydrogens is 252 g/mol. The standard InChI is InChI=1S/C12H24N2OS2/c1-14(2)9-7-12(8-10-16-17-12)6-4-3-5-11(13)15/h3-10H2,1-2H3,(H2,13,15). The van der Waals surface area contributed by atoms with E-state index in [0.29, 0.717) is 11.2 Å². The Morgan fingerprint density at radius 1 is 1.35 bits per heavy atom. The molecule has 5 heteroatoms. The van der Waals surface area contributed by atoms with Crippen molar-refractivity contribution < 1.29 is 4.79 Å². The first-order valence-corrected chi connectivity index (χ1v) is 8.60. The lowest BCUT2D eigenvalue weighted by molar-refractivity contribution is -0.118. The Hall–Kier alpha value is 0.130. The van der Waals surface area contributed by atoms with Gasteiger partial charge in [0.25, 0.3) is 0 Å². The van der Waals surface area contributed by atoms with Crippen molar-refractivity contribution in [2.24, 2.45) is 5.73 Å². The van der Waals surface area contributed by atoms with E-state index in [0.717, 1.165) is 19.4 Å². The smallest absolute Gasteiger partial charge is 0.217 e. The summed E-state index contributed by atoms with van der Waals surface area (Å²) >= 11 is 0. The highest BCUT2D eigenvalue weighted by atomic mass is 33.1. The summed E-state index contributed by atoms with van der Waals surface area (Å²) in [6, 6.07) is 0. The average molecular weight is 276 g/mol. The number of carbonyl (C=O) groups excluding carboxylic acids is 1. The SMILES string of the molecule is CN(C)CCC1(CCCCC(N)=O)CCSS1. The number of nitrogens with two attached hydrogens (primary N) is 1. The number of rotatable bonds is 8. The second-order valence-corrected chi connectivity index (χ2v) is 7.95. The molecule has 1 atom stereocenters. The molecule has 0 spiro atoms. The first-order chi connectivity index (χ1) is 8.04. The number of unbranched alkanes of at least 4 members (excludes halogenated alkanes) is 1. The summed E-state index contributed by atoms with van der Waals surface area (Å²) in [5.74, 6) is 1.11. The third-order valence-corrected chi connectivity index (χ3v) is 6.57. The maximum atomic E-state index is 10.7. The Balaban J connectivity index is 2.29. The highest BCUT2D eigenvalue weighted by Crippen LogP contribution is 2.51. The number of nitrogens with zero attached hydrogens (tertiary/aromatic N) is 1. The van der Waals surface area contributed by atoms with E-state index in [1.165, 1.54) is 25.0 Å². The van der Waals surface area contributed by atoms with Crippen LogP contribution in [0, 0.1) is 0 Å². The van der Waals surface area contributed by atoms with Crippen LogP contribution in [0.3, 0.4) is 0 Å². The molecule has 0 aromatic carbocycles. The molecule has 0 radical (unpaired) electrons. The van der Waals surface area contributed by atoms with Gasteiger partial charge < -0.3 is 10.6 Å². The largest absolute Gasteiger partial charge is 0.370 e. The molecule has 0 saturated carbocycles. The Labute approximate surface area is 113 Å². The number of hydrogen-bond donors (Lipinski definition) is 1. The van der Waals surface area contributed by atoms with Gasteiger partial charge in [-0.2, -0.15) is 0 Å². The van der Waals surface area contributed by atoms with Crippen LogP contribution in [-0.4, -0.2) is 41.9 Å². The summed E-state index contributed by atoms with van der Waals surface area (Å²) in [4.78, 5) is 13.0. The summed E-state index contributed by atoms with van der Waals surface area (Å²) < 4.78 is 0.451. The van der Waals surface area contributed by atoms with Crippen LogP contribution >= 0.6 is 21.6 Å². The quantitative estimate of drug-likeness (QED) is 0.546. The van der Waals surface area contributed by atoms with Crippen LogP contribution in [0.5, 0.6) is 0 Å². The molecule has 1 rings (SSSR count). The predicted molar refractivity (Wildman–Crippen MR) is 78.2 cm³/mol. The fraction of sp³-hybridized carbons (Fsp3) is 0.917. The van der Waals surface area contributed by atoms with Crippen LogP contribution in [0.15, 0.2) is 0 Å². The van der Waals surface area contributed by atoms with E-state index in [-0.39, 0.29) is 5.91 Å². The highest BCUT2D eigenvalue weighted by molar-refractivity contribution is 8.77. The van der Waals surface area contributed by atoms with Crippen molar-refractivity contribution in [3.05, 3.63) is 0 Å². The number of hydrogen-bond acceptors (Lipinski definition) is 4. The molecule has 2 N–H and O–H groups in total. The zero-order chi connectivity index (χ0) is 12.7. The molecule has 1 aliphatic rings. The lowest BCUT2D eigenvalue weighted by Gasteiger charge is -2.28. The highest BCUT2D eigenvalue weighted by Gasteiger charge is 2.34. The number of amides is 1. The molecule has 1 aliphatic heterocycles. The molecule has 1 saturated heterocycles. The van der Waals surface area contributed by atoms with Crippen LogP contribution in [0.25, 0.3) is 0 Å². The van der Waals surface area contributed by atoms with E-state index < -0.39 is 0 Å². The van der Waals surface area contributed by atoms with Crippen LogP contribution in [0.2, 0.25) is 0 Å². The van der Waals surface area contributed by atoms with Crippen molar-refractivity contribution in [3.8, 4) is 0 Å². The maximum absolute atomic E-state index is 10.7. The van der Waals surface area contributed by atoms with E-state index >= 15 is 0 Å². The van der Waals surface area contributed by atoms with Crippen molar-refractivity contribution in [2.75, 3.05) is 26.4 Å². The van der Waals surface area contributed by atoms with E-state index in [1.807, 2.05) is 10.8 Å². The third-order valence-electron chi connectivity index (χ3n) is 3.20. The van der Waals surface area contributed by atoms with Crippen LogP contribution < -0.4 is 5.73 Å². The van der Waals surface area contributed by atoms with E-state index in [2.05, 4.69) is 29.8 Å². The van der Waals surface area contributed by atoms with Gasteiger partial charge in [-0.15, -0.1) is 0 Å². The minimum atomic E-state index is -0.166. The monoisotopic (exact) mass is 276 g/mol. The fourth-order valence-corrected chi connectivity index (χ4v) is 5.59. The van der Waals surface area contributed by atoms with Gasteiger partial charge in [-0.1, -0.05) is 28.0 Å². The minimum Gasteiger partial charge on any atom is -0.370 e. The maximum Gasteiger partial charge on any atom is 0.217 e. The lowest BCUT2D eigenvalue weighted by atomic mass is 9.93. The summed E-state index contributed by atoms with van der Waals surface area (Å²) in [5, 5.41) is 0. The van der Waals surface area contributed by atoms with Gasteiger partial charge in [0.1, 0.15) is 0 Å². The first-order valence-electron chi connectivity index (χ1n) is 6.28. The zero-order valence-corrected chi connectivity index (χ0v) is 12.5. The summed E-state index contributed by atoms with van der Waals surface area (Å²) in [6.07, 6.45) is 6.42. The molecule has 1 unspecified atom stereocenters. The molecule has 0 bridgehead atoms. The van der Waals surface area contributed by atoms with Crippen molar-refractivity contribution in [2.45, 2.75) is 43.3 Å². The summed E-state index contributed by atoms with van der Waals surface area (Å²) in [7, 11) is 8.33. The Bertz CT molecular complexity index is 241. The van der Waals surface area contributed by atoms with Crippen LogP contribution in [0.4, 0.5) is 0 Å². The molecule has 17 heavy (non-hydrogen) atoms. The van der Waals surface area contributed by atoms with E-state index in [1.54, 1.807) is 0 Å². The molecule has 1 fully saturated rings. The normalized spacial score (nSPS) is 24.4. The van der Waals surface area contributed by atoms with Crippen molar-refractivity contribution in [3.63, 3.8) is 0 Å². The van der Waals surface area contributed by atoms with Gasteiger partial charge in [-0.05, 0) is 46.3 Å². The van der Waals surface area contributed by atoms with Crippen molar-refractivity contribution in [1.29, 1.82) is 0 Å². The average Bonchev–Trinajstić information content (AvgIpc) is 2.71. The molecule has 1 amide bonds. The molecule has 0 aromatic rings. The van der Waals surface area contributed by atoms with Gasteiger partial charge in [-0.25, -0.2) is 0 Å². The molecule has 0 aliphatic carbocycles. The topological polar surface area (TPSA) is 46.3 Å². The van der Waals surface area contributed by atoms with Gasteiger partial charge in [0.05, 0.1) is 0 Å². The second-order valence-electron chi connectivity index (χ2n) is 5.07. The van der Waals surface area contributed by atoms with Crippen LogP contribution in [0.1, 0.15) is 38.5 Å². The molecule has 0 aromatic heterocycles. The number of primary amides is 1. The first kappa shape index (κ1) is 15.2. The Morgan fingerprint density at radius 3 is 2.65 bits per heavy atom. The molecular formula is C12H24N2OS2. The summed E-state index contributed by atoms with van der Waals surface area (Å²) in [6.45, 7) is 1.16. The fourth-order valence-electron chi connectivity index (χ4n) is 2.07. The van der Waals surface area contributed by atoms with Crippen molar-refractivity contribution >= 4 is 27.5 Å². The Morgan fingerprint density at radius 2 is 2.12 bits per heavy atom. The lowest BCUT2D eigenvalue weighted by Crippen LogP contribution is -2.27. The minimum absolute atomic E-state index is 0.166. The Kier molecular flexibility index (Phi) is 6.74. The second kappa shape index (κ2) is 7.54. The zero-order valence-electron chi connectivity index (χ0n) is 10.9. The van der Waals surface area contributed by atoms with E-state index in [9.17, 15) is 4.79 Å². The van der Waals surface area contributed by atoms with Gasteiger partial charge in [0.2, 0.25) is 5.91 Å². The van der Waals surface area contributed by atoms with E-state index in [4.69, 9.17) is 5.73 Å².